The van der Waals surface area contributed by atoms with Crippen molar-refractivity contribution < 1.29 is 19.0 Å². The first-order chi connectivity index (χ1) is 8.65. The number of aromatic nitrogens is 1. The molecule has 0 bridgehead atoms. The van der Waals surface area contributed by atoms with Crippen LogP contribution in [0.25, 0.3) is 0 Å². The molecule has 2 aliphatic heterocycles. The highest BCUT2D eigenvalue weighted by Crippen LogP contribution is 2.29. The first-order valence-corrected chi connectivity index (χ1v) is 5.88. The molecule has 1 saturated heterocycles. The summed E-state index contributed by atoms with van der Waals surface area (Å²) in [6.45, 7) is 1.52. The van der Waals surface area contributed by atoms with E-state index in [1.165, 1.54) is 0 Å². The van der Waals surface area contributed by atoms with E-state index in [1.807, 2.05) is 0 Å². The largest absolute Gasteiger partial charge is 0.478 e. The molecule has 1 fully saturated rings. The molecule has 5 nitrogen and oxygen atoms in total. The molecule has 3 heterocycles. The summed E-state index contributed by atoms with van der Waals surface area (Å²) >= 11 is 0. The third-order valence-electron chi connectivity index (χ3n) is 3.33. The molecule has 96 valence electrons. The van der Waals surface area contributed by atoms with E-state index < -0.39 is 12.1 Å². The molecule has 0 aliphatic carbocycles. The summed E-state index contributed by atoms with van der Waals surface area (Å²) in [4.78, 5) is 17.3. The molecule has 0 aromatic carbocycles. The Balaban J connectivity index is 2.04. The lowest BCUT2D eigenvalue weighted by Crippen LogP contribution is -2.24. The van der Waals surface area contributed by atoms with E-state index in [0.29, 0.717) is 32.0 Å². The lowest BCUT2D eigenvalue weighted by Gasteiger charge is -2.19. The fraction of sp³-hybridized carbons (Fsp3) is 0.500. The molecule has 2 aliphatic rings. The van der Waals surface area contributed by atoms with Crippen LogP contribution in [0.2, 0.25) is 0 Å². The average Bonchev–Trinajstić information content (AvgIpc) is 2.94. The molecule has 1 N–H and O–H groups in total. The van der Waals surface area contributed by atoms with Crippen molar-refractivity contribution in [3.05, 3.63) is 22.9 Å². The van der Waals surface area contributed by atoms with Gasteiger partial charge in [0.1, 0.15) is 17.6 Å². The van der Waals surface area contributed by atoms with Crippen LogP contribution in [-0.4, -0.2) is 35.3 Å². The minimum Gasteiger partial charge on any atom is -0.478 e. The number of nitrogens with zero attached hydrogens (tertiary/aromatic N) is 2. The number of alkyl halides is 1. The average molecular weight is 252 g/mol. The number of hydrogen-bond acceptors (Lipinski definition) is 4. The number of carboxylic acids is 1. The van der Waals surface area contributed by atoms with Crippen LogP contribution < -0.4 is 4.90 Å². The molecule has 0 radical (unpaired) electrons. The van der Waals surface area contributed by atoms with E-state index in [0.717, 1.165) is 11.3 Å². The van der Waals surface area contributed by atoms with Crippen molar-refractivity contribution in [3.8, 4) is 0 Å². The van der Waals surface area contributed by atoms with Gasteiger partial charge in [0.2, 0.25) is 0 Å². The molecule has 6 heteroatoms. The Morgan fingerprint density at radius 2 is 2.39 bits per heavy atom. The number of halogens is 1. The highest BCUT2D eigenvalue weighted by Gasteiger charge is 2.28. The Morgan fingerprint density at radius 3 is 3.06 bits per heavy atom. The molecule has 1 aromatic rings. The number of carboxylic acid groups (broad SMARTS) is 1. The summed E-state index contributed by atoms with van der Waals surface area (Å²) in [7, 11) is 0. The Kier molecular flexibility index (Phi) is 2.66. The van der Waals surface area contributed by atoms with Crippen molar-refractivity contribution in [1.82, 2.24) is 4.98 Å². The maximum absolute atomic E-state index is 13.2. The third-order valence-corrected chi connectivity index (χ3v) is 3.33. The summed E-state index contributed by atoms with van der Waals surface area (Å²) in [6.07, 6.45) is -0.480. The fourth-order valence-corrected chi connectivity index (χ4v) is 2.40. The van der Waals surface area contributed by atoms with Gasteiger partial charge in [0.05, 0.1) is 25.5 Å². The van der Waals surface area contributed by atoms with Gasteiger partial charge in [-0.05, 0) is 12.5 Å². The number of fused-ring (bicyclic) bond motifs is 1. The van der Waals surface area contributed by atoms with Gasteiger partial charge in [0.15, 0.2) is 0 Å². The lowest BCUT2D eigenvalue weighted by molar-refractivity contribution is 0.0697. The van der Waals surface area contributed by atoms with Gasteiger partial charge < -0.3 is 14.7 Å². The maximum Gasteiger partial charge on any atom is 0.339 e. The Labute approximate surface area is 103 Å². The standard InChI is InChI=1S/C12H13FN2O3/c13-8-1-2-15(4-8)11-9(12(16)17)3-7-5-18-6-10(7)14-11/h3,8H,1-2,4-6H2,(H,16,17)/t8-/m1/s1. The molecule has 1 atom stereocenters. The van der Waals surface area contributed by atoms with Gasteiger partial charge in [-0.15, -0.1) is 0 Å². The van der Waals surface area contributed by atoms with Crippen molar-refractivity contribution in [2.24, 2.45) is 0 Å². The van der Waals surface area contributed by atoms with E-state index in [2.05, 4.69) is 4.98 Å². The molecule has 0 amide bonds. The van der Waals surface area contributed by atoms with Crippen molar-refractivity contribution >= 4 is 11.8 Å². The number of rotatable bonds is 2. The van der Waals surface area contributed by atoms with Crippen molar-refractivity contribution in [3.63, 3.8) is 0 Å². The Bertz CT molecular complexity index is 506. The minimum atomic E-state index is -1.03. The normalized spacial score (nSPS) is 22.3. The van der Waals surface area contributed by atoms with Gasteiger partial charge in [-0.2, -0.15) is 0 Å². The number of anilines is 1. The van der Waals surface area contributed by atoms with Crippen LogP contribution in [0.1, 0.15) is 28.0 Å². The number of ether oxygens (including phenoxy) is 1. The van der Waals surface area contributed by atoms with Crippen LogP contribution in [0.15, 0.2) is 6.07 Å². The van der Waals surface area contributed by atoms with Crippen LogP contribution in [-0.2, 0) is 18.0 Å². The summed E-state index contributed by atoms with van der Waals surface area (Å²) in [6, 6.07) is 1.60. The van der Waals surface area contributed by atoms with Crippen LogP contribution in [0, 0.1) is 0 Å². The maximum atomic E-state index is 13.2. The van der Waals surface area contributed by atoms with E-state index >= 15 is 0 Å². The van der Waals surface area contributed by atoms with Crippen molar-refractivity contribution in [1.29, 1.82) is 0 Å². The molecule has 18 heavy (non-hydrogen) atoms. The van der Waals surface area contributed by atoms with Crippen LogP contribution in [0.5, 0.6) is 0 Å². The van der Waals surface area contributed by atoms with Gasteiger partial charge in [0.25, 0.3) is 0 Å². The molecular formula is C12H13FN2O3. The second kappa shape index (κ2) is 4.20. The van der Waals surface area contributed by atoms with Crippen LogP contribution >= 0.6 is 0 Å². The van der Waals surface area contributed by atoms with Crippen LogP contribution in [0.3, 0.4) is 0 Å². The lowest BCUT2D eigenvalue weighted by atomic mass is 10.1. The fourth-order valence-electron chi connectivity index (χ4n) is 2.40. The zero-order valence-electron chi connectivity index (χ0n) is 9.73. The van der Waals surface area contributed by atoms with Crippen molar-refractivity contribution in [2.45, 2.75) is 25.8 Å². The summed E-state index contributed by atoms with van der Waals surface area (Å²) in [5, 5.41) is 9.22. The van der Waals surface area contributed by atoms with E-state index in [9.17, 15) is 14.3 Å². The molecule has 1 aromatic heterocycles. The quantitative estimate of drug-likeness (QED) is 0.861. The topological polar surface area (TPSA) is 62.7 Å². The highest BCUT2D eigenvalue weighted by atomic mass is 19.1. The zero-order chi connectivity index (χ0) is 12.7. The molecule has 3 rings (SSSR count). The number of carbonyl (C=O) groups is 1. The van der Waals surface area contributed by atoms with Gasteiger partial charge >= 0.3 is 5.97 Å². The number of aromatic carboxylic acids is 1. The monoisotopic (exact) mass is 252 g/mol. The highest BCUT2D eigenvalue weighted by molar-refractivity contribution is 5.93. The third kappa shape index (κ3) is 1.82. The smallest absolute Gasteiger partial charge is 0.339 e. The van der Waals surface area contributed by atoms with Gasteiger partial charge in [-0.3, -0.25) is 0 Å². The molecule has 0 unspecified atom stereocenters. The number of hydrogen-bond donors (Lipinski definition) is 1. The molecular weight excluding hydrogens is 239 g/mol. The van der Waals surface area contributed by atoms with Gasteiger partial charge in [-0.1, -0.05) is 0 Å². The molecule has 0 spiro atoms. The predicted octanol–water partition coefficient (Wildman–Crippen LogP) is 1.36. The Hall–Kier alpha value is -1.69. The molecule has 0 saturated carbocycles. The first kappa shape index (κ1) is 11.4. The zero-order valence-corrected chi connectivity index (χ0v) is 9.73. The second-order valence-electron chi connectivity index (χ2n) is 4.60. The van der Waals surface area contributed by atoms with Gasteiger partial charge in [-0.25, -0.2) is 14.2 Å². The second-order valence-corrected chi connectivity index (χ2v) is 4.60. The van der Waals surface area contributed by atoms with E-state index in [-0.39, 0.29) is 12.1 Å². The SMILES string of the molecule is O=C(O)c1cc2c(nc1N1CC[C@@H](F)C1)COC2. The van der Waals surface area contributed by atoms with Crippen LogP contribution in [0.4, 0.5) is 10.2 Å². The number of pyridine rings is 1. The summed E-state index contributed by atoms with van der Waals surface area (Å²) in [5.41, 5.74) is 1.71. The van der Waals surface area contributed by atoms with Gasteiger partial charge in [0, 0.05) is 12.1 Å². The summed E-state index contributed by atoms with van der Waals surface area (Å²) < 4.78 is 18.5. The minimum absolute atomic E-state index is 0.133. The Morgan fingerprint density at radius 1 is 1.56 bits per heavy atom. The first-order valence-electron chi connectivity index (χ1n) is 5.88. The summed E-state index contributed by atoms with van der Waals surface area (Å²) in [5.74, 6) is -0.665. The van der Waals surface area contributed by atoms with Crippen molar-refractivity contribution in [2.75, 3.05) is 18.0 Å². The predicted molar refractivity (Wildman–Crippen MR) is 61.4 cm³/mol. The van der Waals surface area contributed by atoms with E-state index in [1.54, 1.807) is 11.0 Å². The van der Waals surface area contributed by atoms with E-state index in [4.69, 9.17) is 4.74 Å².